The summed E-state index contributed by atoms with van der Waals surface area (Å²) in [6.07, 6.45) is 2.05. The van der Waals surface area contributed by atoms with Gasteiger partial charge in [0.15, 0.2) is 5.76 Å². The fraction of sp³-hybridized carbons (Fsp3) is 0.125. The van der Waals surface area contributed by atoms with Crippen molar-refractivity contribution in [3.63, 3.8) is 0 Å². The first-order valence-corrected chi connectivity index (χ1v) is 10.5. The van der Waals surface area contributed by atoms with Gasteiger partial charge in [-0.05, 0) is 36.1 Å². The highest BCUT2D eigenvalue weighted by Gasteiger charge is 2.22. The van der Waals surface area contributed by atoms with E-state index < -0.39 is 0 Å². The maximum atomic E-state index is 12.9. The molecule has 2 N–H and O–H groups in total. The van der Waals surface area contributed by atoms with E-state index in [4.69, 9.17) is 4.42 Å². The predicted molar refractivity (Wildman–Crippen MR) is 118 cm³/mol. The van der Waals surface area contributed by atoms with Crippen LogP contribution in [0.4, 0.5) is 0 Å². The highest BCUT2D eigenvalue weighted by molar-refractivity contribution is 7.10. The molecule has 5 aromatic rings. The van der Waals surface area contributed by atoms with Crippen LogP contribution >= 0.6 is 11.3 Å². The van der Waals surface area contributed by atoms with Gasteiger partial charge in [-0.15, -0.1) is 11.3 Å². The number of rotatable bonds is 5. The van der Waals surface area contributed by atoms with Crippen LogP contribution in [0.1, 0.15) is 32.5 Å². The quantitative estimate of drug-likeness (QED) is 0.389. The van der Waals surface area contributed by atoms with Crippen molar-refractivity contribution in [2.24, 2.45) is 0 Å². The van der Waals surface area contributed by atoms with E-state index in [2.05, 4.69) is 33.9 Å². The maximum Gasteiger partial charge on any atom is 0.287 e. The lowest BCUT2D eigenvalue weighted by molar-refractivity contribution is 0.0926. The summed E-state index contributed by atoms with van der Waals surface area (Å²) in [5.74, 6) is 0.273. The van der Waals surface area contributed by atoms with Gasteiger partial charge in [-0.25, -0.2) is 0 Å². The summed E-state index contributed by atoms with van der Waals surface area (Å²) < 4.78 is 5.83. The summed E-state index contributed by atoms with van der Waals surface area (Å²) in [6, 6.07) is 20.2. The van der Waals surface area contributed by atoms with Gasteiger partial charge >= 0.3 is 0 Å². The first kappa shape index (κ1) is 17.8. The Balaban J connectivity index is 1.45. The van der Waals surface area contributed by atoms with Crippen LogP contribution in [0.15, 0.2) is 76.7 Å². The van der Waals surface area contributed by atoms with Crippen molar-refractivity contribution in [2.75, 3.05) is 6.54 Å². The molecule has 0 radical (unpaired) electrons. The number of aryl methyl sites for hydroxylation is 1. The molecule has 0 bridgehead atoms. The fourth-order valence-electron chi connectivity index (χ4n) is 3.90. The summed E-state index contributed by atoms with van der Waals surface area (Å²) in [7, 11) is 0. The van der Waals surface area contributed by atoms with Gasteiger partial charge in [0.05, 0.1) is 0 Å². The molecule has 1 amide bonds. The summed E-state index contributed by atoms with van der Waals surface area (Å²) in [5.41, 5.74) is 3.90. The molecule has 3 aromatic heterocycles. The van der Waals surface area contributed by atoms with Crippen LogP contribution in [-0.4, -0.2) is 17.4 Å². The monoisotopic (exact) mass is 400 g/mol. The zero-order chi connectivity index (χ0) is 19.8. The van der Waals surface area contributed by atoms with Crippen LogP contribution < -0.4 is 5.32 Å². The molecule has 0 saturated heterocycles. The minimum absolute atomic E-state index is 0.0692. The molecule has 0 aliphatic carbocycles. The summed E-state index contributed by atoms with van der Waals surface area (Å²) >= 11 is 1.70. The molecule has 0 aliphatic heterocycles. The minimum Gasteiger partial charge on any atom is -0.451 e. The Bertz CT molecular complexity index is 1300. The van der Waals surface area contributed by atoms with Gasteiger partial charge in [0.25, 0.3) is 5.91 Å². The molecule has 0 fully saturated rings. The number of carbonyl (C=O) groups is 1. The van der Waals surface area contributed by atoms with Crippen LogP contribution in [0.25, 0.3) is 21.9 Å². The zero-order valence-electron chi connectivity index (χ0n) is 15.9. The van der Waals surface area contributed by atoms with Gasteiger partial charge < -0.3 is 14.7 Å². The third-order valence-electron chi connectivity index (χ3n) is 5.40. The van der Waals surface area contributed by atoms with Gasteiger partial charge in [-0.3, -0.25) is 4.79 Å². The topological polar surface area (TPSA) is 58.0 Å². The van der Waals surface area contributed by atoms with E-state index in [0.717, 1.165) is 22.0 Å². The summed E-state index contributed by atoms with van der Waals surface area (Å²) in [6.45, 7) is 2.43. The Morgan fingerprint density at radius 3 is 2.66 bits per heavy atom. The van der Waals surface area contributed by atoms with Crippen molar-refractivity contribution >= 4 is 39.1 Å². The lowest BCUT2D eigenvalue weighted by Crippen LogP contribution is -2.28. The molecule has 0 saturated carbocycles. The number of fused-ring (bicyclic) bond motifs is 2. The van der Waals surface area contributed by atoms with Crippen LogP contribution in [0, 0.1) is 6.92 Å². The van der Waals surface area contributed by atoms with E-state index in [9.17, 15) is 4.79 Å². The molecule has 0 spiro atoms. The SMILES string of the molecule is Cc1c(C(=O)NCC(c2cccs2)c2c[nH]c3ccccc23)oc2ccccc12. The number of hydrogen-bond donors (Lipinski definition) is 2. The fourth-order valence-corrected chi connectivity index (χ4v) is 4.75. The zero-order valence-corrected chi connectivity index (χ0v) is 16.8. The molecule has 2 aromatic carbocycles. The second kappa shape index (κ2) is 7.26. The molecule has 29 heavy (non-hydrogen) atoms. The van der Waals surface area contributed by atoms with E-state index in [1.165, 1.54) is 15.8 Å². The second-order valence-corrected chi connectivity index (χ2v) is 8.10. The van der Waals surface area contributed by atoms with Crippen LogP contribution in [-0.2, 0) is 0 Å². The first-order valence-electron chi connectivity index (χ1n) is 9.58. The normalized spacial score (nSPS) is 12.4. The van der Waals surface area contributed by atoms with Crippen molar-refractivity contribution in [2.45, 2.75) is 12.8 Å². The average Bonchev–Trinajstić information content (AvgIpc) is 3.48. The molecule has 144 valence electrons. The highest BCUT2D eigenvalue weighted by atomic mass is 32.1. The standard InChI is InChI=1S/C24H20N2O2S/c1-15-16-7-3-5-10-21(16)28-23(15)24(27)26-14-19(22-11-6-12-29-22)18-13-25-20-9-4-2-8-17(18)20/h2-13,19,25H,14H2,1H3,(H,26,27). The lowest BCUT2D eigenvalue weighted by atomic mass is 9.96. The van der Waals surface area contributed by atoms with Crippen molar-refractivity contribution in [3.8, 4) is 0 Å². The van der Waals surface area contributed by atoms with Crippen molar-refractivity contribution < 1.29 is 9.21 Å². The average molecular weight is 401 g/mol. The molecule has 0 aliphatic rings. The number of furan rings is 1. The minimum atomic E-state index is -0.180. The Kier molecular flexibility index (Phi) is 4.45. The number of nitrogens with one attached hydrogen (secondary N) is 2. The third kappa shape index (κ3) is 3.13. The number of aromatic nitrogens is 1. The first-order chi connectivity index (χ1) is 14.2. The Labute approximate surface area is 172 Å². The van der Waals surface area contributed by atoms with Crippen LogP contribution in [0.5, 0.6) is 0 Å². The van der Waals surface area contributed by atoms with Crippen LogP contribution in [0.3, 0.4) is 0 Å². The van der Waals surface area contributed by atoms with Gasteiger partial charge in [0.2, 0.25) is 0 Å². The molecule has 5 rings (SSSR count). The van der Waals surface area contributed by atoms with Crippen molar-refractivity contribution in [1.29, 1.82) is 0 Å². The molecule has 5 heteroatoms. The number of amides is 1. The number of H-pyrrole nitrogens is 1. The molecule has 3 heterocycles. The van der Waals surface area contributed by atoms with Crippen molar-refractivity contribution in [1.82, 2.24) is 10.3 Å². The largest absolute Gasteiger partial charge is 0.451 e. The molecule has 1 unspecified atom stereocenters. The number of hydrogen-bond acceptors (Lipinski definition) is 3. The Morgan fingerprint density at radius 2 is 1.86 bits per heavy atom. The predicted octanol–water partition coefficient (Wildman–Crippen LogP) is 5.85. The van der Waals surface area contributed by atoms with Gasteiger partial charge in [-0.1, -0.05) is 42.5 Å². The molecule has 4 nitrogen and oxygen atoms in total. The van der Waals surface area contributed by atoms with E-state index in [1.54, 1.807) is 11.3 Å². The second-order valence-electron chi connectivity index (χ2n) is 7.12. The molecular weight excluding hydrogens is 380 g/mol. The molecular formula is C24H20N2O2S. The Hall–Kier alpha value is -3.31. The van der Waals surface area contributed by atoms with E-state index in [-0.39, 0.29) is 11.8 Å². The smallest absolute Gasteiger partial charge is 0.287 e. The van der Waals surface area contributed by atoms with Gasteiger partial charge in [-0.2, -0.15) is 0 Å². The summed E-state index contributed by atoms with van der Waals surface area (Å²) in [5, 5.41) is 7.33. The van der Waals surface area contributed by atoms with E-state index in [0.29, 0.717) is 12.3 Å². The lowest BCUT2D eigenvalue weighted by Gasteiger charge is -2.16. The van der Waals surface area contributed by atoms with Gasteiger partial charge in [0.1, 0.15) is 5.58 Å². The number of aromatic amines is 1. The van der Waals surface area contributed by atoms with Gasteiger partial charge in [0, 0.05) is 45.4 Å². The number of benzene rings is 2. The third-order valence-corrected chi connectivity index (χ3v) is 6.39. The molecule has 1 atom stereocenters. The maximum absolute atomic E-state index is 12.9. The van der Waals surface area contributed by atoms with Crippen LogP contribution in [0.2, 0.25) is 0 Å². The van der Waals surface area contributed by atoms with E-state index >= 15 is 0 Å². The van der Waals surface area contributed by atoms with Crippen molar-refractivity contribution in [3.05, 3.63) is 94.0 Å². The summed E-state index contributed by atoms with van der Waals surface area (Å²) in [4.78, 5) is 17.5. The number of para-hydroxylation sites is 2. The van der Waals surface area contributed by atoms with E-state index in [1.807, 2.05) is 55.6 Å². The number of carbonyl (C=O) groups excluding carboxylic acids is 1. The Morgan fingerprint density at radius 1 is 1.07 bits per heavy atom. The highest BCUT2D eigenvalue weighted by Crippen LogP contribution is 2.33. The number of thiophene rings is 1.